The molecule has 2 fully saturated rings. The number of unbranched alkanes of at least 4 members (excludes halogenated alkanes) is 36. The van der Waals surface area contributed by atoms with Crippen LogP contribution in [0.2, 0.25) is 0 Å². The van der Waals surface area contributed by atoms with E-state index >= 15 is 0 Å². The maximum atomic E-state index is 13.1. The fourth-order valence-electron chi connectivity index (χ4n) is 12.3. The minimum absolute atomic E-state index is 0.106. The summed E-state index contributed by atoms with van der Waals surface area (Å²) in [5.74, 6) is 0. The van der Waals surface area contributed by atoms with Crippen LogP contribution in [-0.4, -0.2) is 103 Å². The molecule has 3 N–H and O–H groups in total. The Labute approximate surface area is 600 Å². The molecule has 2 heterocycles. The van der Waals surface area contributed by atoms with E-state index in [-0.39, 0.29) is 31.0 Å². The number of hydrogen-bond donors (Lipinski definition) is 3. The third-order valence-electron chi connectivity index (χ3n) is 18.2. The van der Waals surface area contributed by atoms with Crippen LogP contribution in [-0.2, 0) is 23.7 Å². The fourth-order valence-corrected chi connectivity index (χ4v) is 12.3. The minimum Gasteiger partial charge on any atom is -0.444 e. The Bertz CT molecular complexity index is 1820. The van der Waals surface area contributed by atoms with E-state index in [4.69, 9.17) is 23.7 Å². The maximum Gasteiger partial charge on any atom is 0.410 e. The third kappa shape index (κ3) is 62.4. The molecule has 0 aromatic heterocycles. The SMILES string of the molecule is CCCCC/C=C\C/C=C\CCCCCCCCOC(OCCCCCCCC/C=C\C/C=C\CCCCC)[C@@H]1C[C@@H](O)CN1.CCCCC/C=C\C/C=C\CCCCCCCCOC(OCCCCCCCC/C=C\C/C=C\CCCCC)[C@@H]1C[C@@H](O)CN1C(=O)OC(C)(C)C. The van der Waals surface area contributed by atoms with Crippen molar-refractivity contribution in [2.24, 2.45) is 0 Å². The lowest BCUT2D eigenvalue weighted by Crippen LogP contribution is -2.47. The average molecular weight is 1360 g/mol. The maximum absolute atomic E-state index is 13.1. The summed E-state index contributed by atoms with van der Waals surface area (Å²) in [6, 6.07) is -0.242. The zero-order chi connectivity index (χ0) is 70.3. The monoisotopic (exact) mass is 1360 g/mol. The van der Waals surface area contributed by atoms with E-state index in [1.165, 1.54) is 244 Å². The van der Waals surface area contributed by atoms with Crippen LogP contribution in [0.25, 0.3) is 0 Å². The van der Waals surface area contributed by atoms with Gasteiger partial charge in [-0.2, -0.15) is 0 Å². The molecule has 0 aromatic carbocycles. The lowest BCUT2D eigenvalue weighted by Gasteiger charge is -2.32. The minimum atomic E-state index is -0.602. The first-order chi connectivity index (χ1) is 47.6. The number of carbonyl (C=O) groups excluding carboxylic acids is 1. The van der Waals surface area contributed by atoms with Crippen molar-refractivity contribution < 1.29 is 38.7 Å². The first kappa shape index (κ1) is 91.9. The highest BCUT2D eigenvalue weighted by molar-refractivity contribution is 5.69. The molecule has 97 heavy (non-hydrogen) atoms. The smallest absolute Gasteiger partial charge is 0.410 e. The molecule has 2 saturated heterocycles. The number of carbonyl (C=O) groups is 1. The van der Waals surface area contributed by atoms with Crippen molar-refractivity contribution in [2.75, 3.05) is 39.5 Å². The average Bonchev–Trinajstić information content (AvgIpc) is 1.70. The van der Waals surface area contributed by atoms with Crippen molar-refractivity contribution in [1.82, 2.24) is 10.2 Å². The highest BCUT2D eigenvalue weighted by Gasteiger charge is 2.42. The molecule has 4 atom stereocenters. The van der Waals surface area contributed by atoms with Crippen molar-refractivity contribution in [3.05, 3.63) is 97.2 Å². The molecule has 10 heteroatoms. The van der Waals surface area contributed by atoms with Gasteiger partial charge in [-0.15, -0.1) is 0 Å². The number of rotatable bonds is 66. The predicted octanol–water partition coefficient (Wildman–Crippen LogP) is 25.0. The number of amides is 1. The number of likely N-dealkylation sites (tertiary alicyclic amines) is 1. The number of nitrogens with zero attached hydrogens (tertiary/aromatic N) is 1. The summed E-state index contributed by atoms with van der Waals surface area (Å²) in [5, 5.41) is 23.9. The summed E-state index contributed by atoms with van der Waals surface area (Å²) in [7, 11) is 0. The van der Waals surface area contributed by atoms with Crippen LogP contribution < -0.4 is 5.32 Å². The predicted molar refractivity (Wildman–Crippen MR) is 419 cm³/mol. The van der Waals surface area contributed by atoms with Gasteiger partial charge in [-0.3, -0.25) is 4.90 Å². The van der Waals surface area contributed by atoms with Crippen molar-refractivity contribution in [3.8, 4) is 0 Å². The van der Waals surface area contributed by atoms with Crippen molar-refractivity contribution in [1.29, 1.82) is 0 Å². The van der Waals surface area contributed by atoms with Gasteiger partial charge in [0.05, 0.1) is 30.8 Å². The number of aliphatic hydroxyl groups excluding tert-OH is 2. The molecule has 0 aromatic rings. The second-order valence-electron chi connectivity index (χ2n) is 29.1. The van der Waals surface area contributed by atoms with E-state index in [0.29, 0.717) is 26.2 Å². The summed E-state index contributed by atoms with van der Waals surface area (Å²) >= 11 is 0. The lowest BCUT2D eigenvalue weighted by molar-refractivity contribution is -0.173. The Balaban J connectivity index is 0.000000980. The molecule has 0 bridgehead atoms. The van der Waals surface area contributed by atoms with Crippen LogP contribution in [0.4, 0.5) is 4.79 Å². The van der Waals surface area contributed by atoms with Gasteiger partial charge >= 0.3 is 6.09 Å². The molecule has 1 amide bonds. The van der Waals surface area contributed by atoms with Gasteiger partial charge in [0.1, 0.15) is 5.60 Å². The van der Waals surface area contributed by atoms with Gasteiger partial charge in [0, 0.05) is 39.4 Å². The van der Waals surface area contributed by atoms with E-state index in [2.05, 4.69) is 130 Å². The molecule has 0 spiro atoms. The number of aliphatic hydroxyl groups is 2. The number of β-amino-alcohol motifs (C(OH)–C–C–N with tert-alkyl or cyclic N) is 2. The number of ether oxygens (including phenoxy) is 5. The van der Waals surface area contributed by atoms with Gasteiger partial charge < -0.3 is 39.2 Å². The van der Waals surface area contributed by atoms with Crippen molar-refractivity contribution in [3.63, 3.8) is 0 Å². The topological polar surface area (TPSA) is 119 Å². The fraction of sp³-hybridized carbons (Fsp3) is 0.805. The van der Waals surface area contributed by atoms with Gasteiger partial charge in [0.2, 0.25) is 0 Å². The summed E-state index contributed by atoms with van der Waals surface area (Å²) in [6.45, 7) is 18.2. The van der Waals surface area contributed by atoms with E-state index in [1.54, 1.807) is 4.90 Å². The van der Waals surface area contributed by atoms with Crippen LogP contribution >= 0.6 is 0 Å². The molecule has 564 valence electrons. The van der Waals surface area contributed by atoms with Gasteiger partial charge in [-0.25, -0.2) is 4.79 Å². The van der Waals surface area contributed by atoms with Crippen molar-refractivity contribution >= 4 is 6.09 Å². The van der Waals surface area contributed by atoms with E-state index in [0.717, 1.165) is 83.8 Å². The summed E-state index contributed by atoms with van der Waals surface area (Å²) < 4.78 is 30.7. The zero-order valence-corrected chi connectivity index (χ0v) is 64.6. The number of nitrogens with one attached hydrogen (secondary N) is 1. The Hall–Kier alpha value is -3.09. The highest BCUT2D eigenvalue weighted by atomic mass is 16.7. The number of allylic oxidation sites excluding steroid dienone is 16. The van der Waals surface area contributed by atoms with Crippen LogP contribution in [0.15, 0.2) is 97.2 Å². The molecule has 2 aliphatic heterocycles. The van der Waals surface area contributed by atoms with E-state index < -0.39 is 24.1 Å². The van der Waals surface area contributed by atoms with Gasteiger partial charge in [0.15, 0.2) is 12.6 Å². The molecular weight excluding hydrogens is 1200 g/mol. The summed E-state index contributed by atoms with van der Waals surface area (Å²) in [5.41, 5.74) is -0.602. The Morgan fingerprint density at radius 1 is 0.371 bits per heavy atom. The first-order valence-electron chi connectivity index (χ1n) is 41.3. The first-order valence-corrected chi connectivity index (χ1v) is 41.3. The van der Waals surface area contributed by atoms with Crippen LogP contribution in [0.3, 0.4) is 0 Å². The third-order valence-corrected chi connectivity index (χ3v) is 18.2. The van der Waals surface area contributed by atoms with Crippen molar-refractivity contribution in [2.45, 2.75) is 412 Å². The van der Waals surface area contributed by atoms with Gasteiger partial charge in [0.25, 0.3) is 0 Å². The van der Waals surface area contributed by atoms with Crippen LogP contribution in [0.5, 0.6) is 0 Å². The molecule has 0 saturated carbocycles. The lowest BCUT2D eigenvalue weighted by atomic mass is 10.1. The molecule has 0 aliphatic carbocycles. The Morgan fingerprint density at radius 2 is 0.639 bits per heavy atom. The molecule has 2 aliphatic rings. The Kier molecular flexibility index (Phi) is 67.6. The molecule has 10 nitrogen and oxygen atoms in total. The zero-order valence-electron chi connectivity index (χ0n) is 64.6. The molecular formula is C87H158N2O8. The summed E-state index contributed by atoms with van der Waals surface area (Å²) in [4.78, 5) is 14.7. The standard InChI is InChI=1S/C46H83NO5.C41H75NO3/c1-6-8-10-12-14-16-18-20-22-24-26-28-30-32-34-36-38-50-44(43-40-42(48)41-47(43)45(49)52-46(3,4)5)51-39-37-35-33-31-29-27-25-23-21-19-17-15-13-11-9-7-2;1-3-5-7-9-11-13-15-17-19-21-23-25-27-29-31-33-35-44-41(40-37-39(43)38-42-40)45-36-34-32-30-28-26-24-22-20-18-16-14-12-10-8-6-4-2/h14-17,20-23,42-44,48H,6-13,18-19,24-41H2,1-5H3;11-14,17-20,39-43H,3-10,15-16,21-38H2,1-2H3/b16-14-,17-15-,22-20-,23-21-;13-11-,14-12-,19-17-,20-18-/t42-,43+;39-,40+/m11/s1. The van der Waals surface area contributed by atoms with Gasteiger partial charge in [-0.1, -0.05) is 279 Å². The Morgan fingerprint density at radius 3 is 0.907 bits per heavy atom. The van der Waals surface area contributed by atoms with E-state index in [1.807, 2.05) is 20.8 Å². The highest BCUT2D eigenvalue weighted by Crippen LogP contribution is 2.27. The number of hydrogen-bond acceptors (Lipinski definition) is 9. The van der Waals surface area contributed by atoms with Gasteiger partial charge in [-0.05, 0) is 181 Å². The van der Waals surface area contributed by atoms with Crippen LogP contribution in [0, 0.1) is 0 Å². The molecule has 0 radical (unpaired) electrons. The largest absolute Gasteiger partial charge is 0.444 e. The molecule has 2 rings (SSSR count). The molecule has 0 unspecified atom stereocenters. The second-order valence-corrected chi connectivity index (χ2v) is 29.1. The van der Waals surface area contributed by atoms with Crippen LogP contribution in [0.1, 0.15) is 370 Å². The second kappa shape index (κ2) is 71.3. The quantitative estimate of drug-likeness (QED) is 0.0311. The summed E-state index contributed by atoms with van der Waals surface area (Å²) in [6.07, 6.45) is 95.2. The van der Waals surface area contributed by atoms with E-state index in [9.17, 15) is 15.0 Å². The normalized spacial score (nSPS) is 17.2.